The molecule has 0 aromatic heterocycles. The fourth-order valence-electron chi connectivity index (χ4n) is 3.21. The number of nitrogens with zero attached hydrogens (tertiary/aromatic N) is 2. The number of nitrogens with one attached hydrogen (secondary N) is 1. The van der Waals surface area contributed by atoms with Gasteiger partial charge in [0.25, 0.3) is 5.91 Å². The molecule has 1 aromatic rings. The van der Waals surface area contributed by atoms with Crippen LogP contribution in [0.3, 0.4) is 0 Å². The lowest BCUT2D eigenvalue weighted by Gasteiger charge is -2.12. The number of ether oxygens (including phenoxy) is 1. The van der Waals surface area contributed by atoms with E-state index in [1.165, 1.54) is 5.01 Å². The molecule has 1 N–H and O–H groups in total. The molecule has 1 saturated heterocycles. The lowest BCUT2D eigenvalue weighted by molar-refractivity contribution is -0.150. The topological polar surface area (TPSA) is 122 Å². The summed E-state index contributed by atoms with van der Waals surface area (Å²) in [6.45, 7) is -0.0333. The van der Waals surface area contributed by atoms with Crippen molar-refractivity contribution in [3.05, 3.63) is 35.9 Å². The molecule has 3 rings (SSSR count). The van der Waals surface area contributed by atoms with Crippen LogP contribution in [-0.2, 0) is 29.0 Å². The summed E-state index contributed by atoms with van der Waals surface area (Å²) < 4.78 is 27.6. The summed E-state index contributed by atoms with van der Waals surface area (Å²) in [5, 5.41) is 8.20. The Bertz CT molecular complexity index is 913. The molecule has 2 aliphatic heterocycles. The summed E-state index contributed by atoms with van der Waals surface area (Å²) in [6, 6.07) is 9.12. The van der Waals surface area contributed by atoms with E-state index >= 15 is 0 Å². The van der Waals surface area contributed by atoms with Crippen LogP contribution < -0.4 is 5.32 Å². The molecule has 9 nitrogen and oxygen atoms in total. The number of sulfone groups is 1. The Labute approximate surface area is 169 Å². The van der Waals surface area contributed by atoms with Crippen LogP contribution in [-0.4, -0.2) is 67.6 Å². The Morgan fingerprint density at radius 3 is 2.62 bits per heavy atom. The predicted molar refractivity (Wildman–Crippen MR) is 105 cm³/mol. The minimum atomic E-state index is -3.10. The summed E-state index contributed by atoms with van der Waals surface area (Å²) in [5.74, 6) is -1.55. The van der Waals surface area contributed by atoms with Crippen molar-refractivity contribution in [2.24, 2.45) is 5.10 Å². The predicted octanol–water partition coefficient (Wildman–Crippen LogP) is 0.250. The summed E-state index contributed by atoms with van der Waals surface area (Å²) >= 11 is 0. The number of esters is 1. The molecule has 156 valence electrons. The zero-order valence-electron chi connectivity index (χ0n) is 15.9. The minimum absolute atomic E-state index is 0.0464. The van der Waals surface area contributed by atoms with E-state index < -0.39 is 34.4 Å². The van der Waals surface area contributed by atoms with Crippen LogP contribution in [0.25, 0.3) is 0 Å². The second kappa shape index (κ2) is 9.17. The van der Waals surface area contributed by atoms with Crippen molar-refractivity contribution in [2.75, 3.05) is 24.7 Å². The van der Waals surface area contributed by atoms with Gasteiger partial charge in [-0.15, -0.1) is 0 Å². The Hall–Kier alpha value is -2.75. The number of amides is 2. The van der Waals surface area contributed by atoms with Crippen molar-refractivity contribution in [1.82, 2.24) is 10.3 Å². The highest BCUT2D eigenvalue weighted by Gasteiger charge is 2.29. The van der Waals surface area contributed by atoms with Gasteiger partial charge in [0.05, 0.1) is 30.2 Å². The summed E-state index contributed by atoms with van der Waals surface area (Å²) in [5.41, 5.74) is 1.79. The molecule has 0 aliphatic carbocycles. The van der Waals surface area contributed by atoms with Crippen molar-refractivity contribution in [1.29, 1.82) is 0 Å². The van der Waals surface area contributed by atoms with E-state index in [1.54, 1.807) is 0 Å². The molecule has 0 radical (unpaired) electrons. The number of benzene rings is 1. The third-order valence-corrected chi connectivity index (χ3v) is 6.47. The Kier molecular flexibility index (Phi) is 6.63. The van der Waals surface area contributed by atoms with E-state index in [4.69, 9.17) is 4.74 Å². The molecule has 1 atom stereocenters. The van der Waals surface area contributed by atoms with Crippen LogP contribution in [0.5, 0.6) is 0 Å². The zero-order valence-corrected chi connectivity index (χ0v) is 16.7. The molecular weight excluding hydrogens is 398 g/mol. The molecule has 0 spiro atoms. The van der Waals surface area contributed by atoms with Gasteiger partial charge < -0.3 is 10.1 Å². The third kappa shape index (κ3) is 6.11. The number of carbonyl (C=O) groups is 3. The quantitative estimate of drug-likeness (QED) is 0.630. The molecule has 29 heavy (non-hydrogen) atoms. The van der Waals surface area contributed by atoms with Gasteiger partial charge in [-0.3, -0.25) is 14.4 Å². The van der Waals surface area contributed by atoms with Gasteiger partial charge in [0.1, 0.15) is 0 Å². The molecule has 1 fully saturated rings. The largest absolute Gasteiger partial charge is 0.456 e. The first kappa shape index (κ1) is 21.0. The van der Waals surface area contributed by atoms with Gasteiger partial charge in [0.15, 0.2) is 16.4 Å². The lowest BCUT2D eigenvalue weighted by Crippen LogP contribution is -2.38. The van der Waals surface area contributed by atoms with Gasteiger partial charge in [-0.05, 0) is 12.0 Å². The standard InChI is InChI=1S/C19H23N3O6S/c23-17(20-15-9-11-29(26,27)13-15)12-28-19(25)7-6-18(24)22-10-8-16(21-22)14-4-2-1-3-5-14/h1-5,15H,6-13H2,(H,20,23). The Morgan fingerprint density at radius 2 is 1.93 bits per heavy atom. The van der Waals surface area contributed by atoms with Crippen LogP contribution >= 0.6 is 0 Å². The maximum absolute atomic E-state index is 12.2. The van der Waals surface area contributed by atoms with E-state index in [0.29, 0.717) is 19.4 Å². The van der Waals surface area contributed by atoms with E-state index in [9.17, 15) is 22.8 Å². The Balaban J connectivity index is 1.37. The highest BCUT2D eigenvalue weighted by molar-refractivity contribution is 7.91. The maximum atomic E-state index is 12.2. The first-order valence-electron chi connectivity index (χ1n) is 9.41. The summed E-state index contributed by atoms with van der Waals surface area (Å²) in [6.07, 6.45) is 0.790. The SMILES string of the molecule is O=C(COC(=O)CCC(=O)N1CCC(c2ccccc2)=N1)NC1CCS(=O)(=O)C1. The van der Waals surface area contributed by atoms with Crippen molar-refractivity contribution >= 4 is 33.3 Å². The highest BCUT2D eigenvalue weighted by Crippen LogP contribution is 2.15. The van der Waals surface area contributed by atoms with Crippen molar-refractivity contribution in [2.45, 2.75) is 31.7 Å². The Morgan fingerprint density at radius 1 is 1.17 bits per heavy atom. The van der Waals surface area contributed by atoms with Crippen LogP contribution in [0.2, 0.25) is 0 Å². The van der Waals surface area contributed by atoms with Crippen molar-refractivity contribution in [3.63, 3.8) is 0 Å². The first-order valence-corrected chi connectivity index (χ1v) is 11.2. The third-order valence-electron chi connectivity index (χ3n) is 4.70. The highest BCUT2D eigenvalue weighted by atomic mass is 32.2. The normalized spacial score (nSPS) is 20.2. The van der Waals surface area contributed by atoms with Gasteiger partial charge in [-0.25, -0.2) is 13.4 Å². The second-order valence-corrected chi connectivity index (χ2v) is 9.24. The smallest absolute Gasteiger partial charge is 0.306 e. The van der Waals surface area contributed by atoms with Crippen molar-refractivity contribution in [3.8, 4) is 0 Å². The number of rotatable bonds is 7. The van der Waals surface area contributed by atoms with E-state index in [2.05, 4.69) is 10.4 Å². The number of hydrazone groups is 1. The summed E-state index contributed by atoms with van der Waals surface area (Å²) in [4.78, 5) is 35.8. The molecule has 1 aromatic carbocycles. The minimum Gasteiger partial charge on any atom is -0.456 e. The fraction of sp³-hybridized carbons (Fsp3) is 0.474. The maximum Gasteiger partial charge on any atom is 0.306 e. The van der Waals surface area contributed by atoms with Crippen molar-refractivity contribution < 1.29 is 27.5 Å². The fourth-order valence-corrected chi connectivity index (χ4v) is 4.88. The first-order chi connectivity index (χ1) is 13.8. The molecule has 2 aliphatic rings. The second-order valence-electron chi connectivity index (χ2n) is 7.01. The zero-order chi connectivity index (χ0) is 20.9. The van der Waals surface area contributed by atoms with E-state index in [1.807, 2.05) is 30.3 Å². The summed E-state index contributed by atoms with van der Waals surface area (Å²) in [7, 11) is -3.10. The van der Waals surface area contributed by atoms with Crippen LogP contribution in [0, 0.1) is 0 Å². The molecule has 0 saturated carbocycles. The number of carbonyl (C=O) groups excluding carboxylic acids is 3. The van der Waals surface area contributed by atoms with E-state index in [0.717, 1.165) is 11.3 Å². The van der Waals surface area contributed by atoms with Crippen LogP contribution in [0.1, 0.15) is 31.2 Å². The molecule has 1 unspecified atom stereocenters. The average Bonchev–Trinajstić information content (AvgIpc) is 3.32. The molecule has 2 heterocycles. The van der Waals surface area contributed by atoms with Gasteiger partial charge in [-0.1, -0.05) is 30.3 Å². The number of hydrogen-bond donors (Lipinski definition) is 1. The van der Waals surface area contributed by atoms with Crippen LogP contribution in [0.15, 0.2) is 35.4 Å². The molecule has 0 bridgehead atoms. The monoisotopic (exact) mass is 421 g/mol. The van der Waals surface area contributed by atoms with Crippen LogP contribution in [0.4, 0.5) is 0 Å². The number of hydrogen-bond acceptors (Lipinski definition) is 7. The van der Waals surface area contributed by atoms with Gasteiger partial charge >= 0.3 is 5.97 Å². The van der Waals surface area contributed by atoms with Gasteiger partial charge in [0, 0.05) is 18.9 Å². The van der Waals surface area contributed by atoms with E-state index in [-0.39, 0.29) is 30.3 Å². The van der Waals surface area contributed by atoms with Gasteiger partial charge in [0.2, 0.25) is 5.91 Å². The lowest BCUT2D eigenvalue weighted by atomic mass is 10.1. The molecular formula is C19H23N3O6S. The van der Waals surface area contributed by atoms with Gasteiger partial charge in [-0.2, -0.15) is 5.10 Å². The molecule has 2 amide bonds. The average molecular weight is 421 g/mol. The molecule has 10 heteroatoms.